The van der Waals surface area contributed by atoms with E-state index in [4.69, 9.17) is 4.52 Å². The SMILES string of the molecule is C[C@H]1CCCCN1CCCNC(=O)c1noc2c1CSc1ccccc1-2. The van der Waals surface area contributed by atoms with Crippen LogP contribution in [0.4, 0.5) is 0 Å². The van der Waals surface area contributed by atoms with Crippen molar-refractivity contribution < 1.29 is 9.32 Å². The first-order chi connectivity index (χ1) is 12.7. The first kappa shape index (κ1) is 17.6. The highest BCUT2D eigenvalue weighted by Gasteiger charge is 2.27. The van der Waals surface area contributed by atoms with Gasteiger partial charge in [-0.05, 0) is 44.9 Å². The van der Waals surface area contributed by atoms with Crippen LogP contribution >= 0.6 is 11.8 Å². The van der Waals surface area contributed by atoms with E-state index in [1.807, 2.05) is 18.2 Å². The smallest absolute Gasteiger partial charge is 0.273 e. The van der Waals surface area contributed by atoms with Gasteiger partial charge in [-0.1, -0.05) is 23.7 Å². The van der Waals surface area contributed by atoms with Gasteiger partial charge in [-0.25, -0.2) is 0 Å². The normalized spacial score (nSPS) is 19.7. The molecule has 2 aliphatic heterocycles. The van der Waals surface area contributed by atoms with Crippen molar-refractivity contribution in [2.75, 3.05) is 19.6 Å². The Hall–Kier alpha value is -1.79. The van der Waals surface area contributed by atoms with Crippen LogP contribution in [-0.4, -0.2) is 41.6 Å². The number of carbonyl (C=O) groups is 1. The van der Waals surface area contributed by atoms with Gasteiger partial charge in [0.25, 0.3) is 5.91 Å². The van der Waals surface area contributed by atoms with Gasteiger partial charge < -0.3 is 14.7 Å². The number of amides is 1. The number of carbonyl (C=O) groups excluding carboxylic acids is 1. The molecule has 2 aromatic rings. The van der Waals surface area contributed by atoms with Crippen LogP contribution in [0.2, 0.25) is 0 Å². The van der Waals surface area contributed by atoms with Crippen LogP contribution in [0.25, 0.3) is 11.3 Å². The quantitative estimate of drug-likeness (QED) is 0.807. The van der Waals surface area contributed by atoms with Gasteiger partial charge in [-0.15, -0.1) is 11.8 Å². The van der Waals surface area contributed by atoms with Gasteiger partial charge in [0.05, 0.1) is 0 Å². The lowest BCUT2D eigenvalue weighted by atomic mass is 10.0. The Kier molecular flexibility index (Phi) is 5.31. The number of likely N-dealkylation sites (tertiary alicyclic amines) is 1. The third-order valence-corrected chi connectivity index (χ3v) is 6.46. The van der Waals surface area contributed by atoms with Gasteiger partial charge in [0.2, 0.25) is 0 Å². The highest BCUT2D eigenvalue weighted by Crippen LogP contribution is 2.42. The third-order valence-electron chi connectivity index (χ3n) is 5.36. The molecule has 3 heterocycles. The van der Waals surface area contributed by atoms with Crippen LogP contribution in [0.3, 0.4) is 0 Å². The Morgan fingerprint density at radius 1 is 1.38 bits per heavy atom. The van der Waals surface area contributed by atoms with E-state index >= 15 is 0 Å². The van der Waals surface area contributed by atoms with Crippen LogP contribution in [-0.2, 0) is 5.75 Å². The summed E-state index contributed by atoms with van der Waals surface area (Å²) in [6.45, 7) is 5.20. The number of benzene rings is 1. The number of fused-ring (bicyclic) bond motifs is 3. The zero-order valence-electron chi connectivity index (χ0n) is 15.2. The molecule has 26 heavy (non-hydrogen) atoms. The van der Waals surface area contributed by atoms with Crippen molar-refractivity contribution in [2.45, 2.75) is 49.3 Å². The summed E-state index contributed by atoms with van der Waals surface area (Å²) in [4.78, 5) is 16.3. The Labute approximate surface area is 158 Å². The maximum Gasteiger partial charge on any atom is 0.273 e. The lowest BCUT2D eigenvalue weighted by molar-refractivity contribution is 0.0939. The molecular formula is C20H25N3O2S. The molecular weight excluding hydrogens is 346 g/mol. The molecule has 5 nitrogen and oxygen atoms in total. The van der Waals surface area contributed by atoms with E-state index < -0.39 is 0 Å². The van der Waals surface area contributed by atoms with Gasteiger partial charge in [0, 0.05) is 40.9 Å². The molecule has 6 heteroatoms. The highest BCUT2D eigenvalue weighted by atomic mass is 32.2. The van der Waals surface area contributed by atoms with Gasteiger partial charge in [0.15, 0.2) is 11.5 Å². The van der Waals surface area contributed by atoms with Crippen LogP contribution in [0, 0.1) is 0 Å². The minimum absolute atomic E-state index is 0.123. The van der Waals surface area contributed by atoms with Crippen molar-refractivity contribution in [3.05, 3.63) is 35.5 Å². The maximum absolute atomic E-state index is 12.5. The Bertz CT molecular complexity index is 789. The standard InChI is InChI=1S/C20H25N3O2S/c1-14-7-4-5-11-23(14)12-6-10-21-20(24)18-16-13-26-17-9-3-2-8-15(17)19(16)25-22-18/h2-3,8-9,14H,4-7,10-13H2,1H3,(H,21,24)/t14-/m0/s1. The molecule has 0 aliphatic carbocycles. The average Bonchev–Trinajstić information content (AvgIpc) is 3.11. The fourth-order valence-corrected chi connectivity index (χ4v) is 4.88. The number of hydrogen-bond donors (Lipinski definition) is 1. The molecule has 0 bridgehead atoms. The largest absolute Gasteiger partial charge is 0.355 e. The molecule has 1 amide bonds. The van der Waals surface area contributed by atoms with Crippen molar-refractivity contribution in [1.29, 1.82) is 0 Å². The minimum atomic E-state index is -0.123. The fraction of sp³-hybridized carbons (Fsp3) is 0.500. The summed E-state index contributed by atoms with van der Waals surface area (Å²) in [6, 6.07) is 8.77. The summed E-state index contributed by atoms with van der Waals surface area (Å²) in [7, 11) is 0. The molecule has 1 saturated heterocycles. The van der Waals surface area contributed by atoms with E-state index in [9.17, 15) is 4.79 Å². The topological polar surface area (TPSA) is 58.4 Å². The fourth-order valence-electron chi connectivity index (χ4n) is 3.82. The first-order valence-corrected chi connectivity index (χ1v) is 10.5. The number of nitrogens with one attached hydrogen (secondary N) is 1. The van der Waals surface area contributed by atoms with E-state index in [1.165, 1.54) is 30.7 Å². The predicted octanol–water partition coefficient (Wildman–Crippen LogP) is 3.94. The molecule has 1 fully saturated rings. The van der Waals surface area contributed by atoms with Crippen molar-refractivity contribution in [1.82, 2.24) is 15.4 Å². The minimum Gasteiger partial charge on any atom is -0.355 e. The summed E-state index contributed by atoms with van der Waals surface area (Å²) in [5, 5.41) is 7.08. The Balaban J connectivity index is 1.34. The first-order valence-electron chi connectivity index (χ1n) is 9.47. The Morgan fingerprint density at radius 2 is 2.27 bits per heavy atom. The maximum atomic E-state index is 12.5. The summed E-state index contributed by atoms with van der Waals surface area (Å²) in [6.07, 6.45) is 4.89. The zero-order chi connectivity index (χ0) is 17.9. The number of piperidine rings is 1. The van der Waals surface area contributed by atoms with Gasteiger partial charge in [-0.3, -0.25) is 4.79 Å². The average molecular weight is 372 g/mol. The number of thioether (sulfide) groups is 1. The monoisotopic (exact) mass is 371 g/mol. The molecule has 1 aromatic heterocycles. The van der Waals surface area contributed by atoms with Crippen LogP contribution in [0.5, 0.6) is 0 Å². The number of nitrogens with zero attached hydrogens (tertiary/aromatic N) is 2. The predicted molar refractivity (Wildman–Crippen MR) is 103 cm³/mol. The lowest BCUT2D eigenvalue weighted by Crippen LogP contribution is -2.39. The summed E-state index contributed by atoms with van der Waals surface area (Å²) >= 11 is 1.73. The van der Waals surface area contributed by atoms with Gasteiger partial charge in [0.1, 0.15) is 0 Å². The van der Waals surface area contributed by atoms with E-state index in [0.717, 1.165) is 35.6 Å². The van der Waals surface area contributed by atoms with Gasteiger partial charge >= 0.3 is 0 Å². The van der Waals surface area contributed by atoms with E-state index in [-0.39, 0.29) is 5.91 Å². The van der Waals surface area contributed by atoms with Crippen LogP contribution in [0.15, 0.2) is 33.7 Å². The molecule has 4 rings (SSSR count). The highest BCUT2D eigenvalue weighted by molar-refractivity contribution is 7.98. The van der Waals surface area contributed by atoms with Gasteiger partial charge in [-0.2, -0.15) is 0 Å². The molecule has 1 aromatic carbocycles. The van der Waals surface area contributed by atoms with Crippen molar-refractivity contribution in [3.8, 4) is 11.3 Å². The van der Waals surface area contributed by atoms with Crippen molar-refractivity contribution in [3.63, 3.8) is 0 Å². The molecule has 0 spiro atoms. The van der Waals surface area contributed by atoms with E-state index in [2.05, 4.69) is 28.4 Å². The van der Waals surface area contributed by atoms with Crippen molar-refractivity contribution in [2.24, 2.45) is 0 Å². The molecule has 1 atom stereocenters. The van der Waals surface area contributed by atoms with E-state index in [1.54, 1.807) is 11.8 Å². The van der Waals surface area contributed by atoms with Crippen LogP contribution in [0.1, 0.15) is 48.7 Å². The molecule has 1 N–H and O–H groups in total. The molecule has 0 unspecified atom stereocenters. The molecule has 138 valence electrons. The third kappa shape index (κ3) is 3.53. The number of aromatic nitrogens is 1. The van der Waals surface area contributed by atoms with Crippen molar-refractivity contribution >= 4 is 17.7 Å². The van der Waals surface area contributed by atoms with E-state index in [0.29, 0.717) is 18.3 Å². The lowest BCUT2D eigenvalue weighted by Gasteiger charge is -2.33. The number of hydrogen-bond acceptors (Lipinski definition) is 5. The molecule has 0 radical (unpaired) electrons. The van der Waals surface area contributed by atoms with Crippen LogP contribution < -0.4 is 5.32 Å². The second-order valence-electron chi connectivity index (χ2n) is 7.11. The zero-order valence-corrected chi connectivity index (χ0v) is 16.0. The number of rotatable bonds is 5. The Morgan fingerprint density at radius 3 is 3.15 bits per heavy atom. The summed E-state index contributed by atoms with van der Waals surface area (Å²) < 4.78 is 5.52. The molecule has 2 aliphatic rings. The second kappa shape index (κ2) is 7.84. The second-order valence-corrected chi connectivity index (χ2v) is 8.13. The molecule has 0 saturated carbocycles. The summed E-state index contributed by atoms with van der Waals surface area (Å²) in [5.41, 5.74) is 2.38. The summed E-state index contributed by atoms with van der Waals surface area (Å²) in [5.74, 6) is 1.34.